The van der Waals surface area contributed by atoms with Crippen LogP contribution in [0.2, 0.25) is 0 Å². The molecule has 0 bridgehead atoms. The number of carbonyl (C=O) groups is 3. The molecule has 1 aliphatic heterocycles. The van der Waals surface area contributed by atoms with E-state index in [0.29, 0.717) is 19.5 Å². The molecule has 1 aromatic rings. The lowest BCUT2D eigenvalue weighted by Crippen LogP contribution is -2.43. The molecule has 6 heteroatoms. The van der Waals surface area contributed by atoms with Crippen molar-refractivity contribution in [3.63, 3.8) is 0 Å². The summed E-state index contributed by atoms with van der Waals surface area (Å²) >= 11 is 0. The Morgan fingerprint density at radius 3 is 2.50 bits per heavy atom. The first-order valence-electron chi connectivity index (χ1n) is 7.31. The van der Waals surface area contributed by atoms with Crippen molar-refractivity contribution in [2.75, 3.05) is 20.1 Å². The molecule has 1 N–H and O–H groups in total. The van der Waals surface area contributed by atoms with E-state index < -0.39 is 5.97 Å². The van der Waals surface area contributed by atoms with Gasteiger partial charge in [-0.05, 0) is 30.5 Å². The van der Waals surface area contributed by atoms with Gasteiger partial charge in [0.1, 0.15) is 0 Å². The number of hydrogen-bond acceptors (Lipinski definition) is 3. The van der Waals surface area contributed by atoms with Crippen LogP contribution in [0.3, 0.4) is 0 Å². The Morgan fingerprint density at radius 2 is 1.91 bits per heavy atom. The second kappa shape index (κ2) is 7.06. The van der Waals surface area contributed by atoms with E-state index in [-0.39, 0.29) is 23.9 Å². The predicted molar refractivity (Wildman–Crippen MR) is 80.3 cm³/mol. The molecule has 1 saturated heterocycles. The minimum atomic E-state index is -0.973. The van der Waals surface area contributed by atoms with E-state index in [1.807, 2.05) is 0 Å². The summed E-state index contributed by atoms with van der Waals surface area (Å²) in [6.07, 6.45) is 2.36. The maximum atomic E-state index is 12.2. The van der Waals surface area contributed by atoms with Crippen LogP contribution in [0, 0.1) is 0 Å². The number of likely N-dealkylation sites (N-methyl/N-ethyl adjacent to an activating group) is 1. The van der Waals surface area contributed by atoms with Gasteiger partial charge in [-0.25, -0.2) is 4.79 Å². The highest BCUT2D eigenvalue weighted by atomic mass is 16.4. The Hall–Kier alpha value is -2.37. The Kier molecular flexibility index (Phi) is 5.14. The fourth-order valence-electron chi connectivity index (χ4n) is 2.43. The normalized spacial score (nSPS) is 14.8. The molecule has 0 aromatic heterocycles. The van der Waals surface area contributed by atoms with Crippen LogP contribution in [-0.2, 0) is 16.1 Å². The Morgan fingerprint density at radius 1 is 1.23 bits per heavy atom. The van der Waals surface area contributed by atoms with Gasteiger partial charge in [0.25, 0.3) is 0 Å². The molecule has 0 spiro atoms. The van der Waals surface area contributed by atoms with Gasteiger partial charge in [-0.2, -0.15) is 0 Å². The van der Waals surface area contributed by atoms with Crippen molar-refractivity contribution in [2.24, 2.45) is 0 Å². The average molecular weight is 304 g/mol. The number of carboxylic acids is 1. The van der Waals surface area contributed by atoms with Gasteiger partial charge in [0.05, 0.1) is 12.1 Å². The minimum absolute atomic E-state index is 0.0406. The number of hydrogen-bond donors (Lipinski definition) is 1. The fraction of sp³-hybridized carbons (Fsp3) is 0.438. The lowest BCUT2D eigenvalue weighted by atomic mass is 10.1. The molecular formula is C16H20N2O4. The number of likely N-dealkylation sites (tertiary alicyclic amines) is 1. The van der Waals surface area contributed by atoms with Gasteiger partial charge in [-0.15, -0.1) is 0 Å². The number of nitrogens with zero attached hydrogens (tertiary/aromatic N) is 2. The van der Waals surface area contributed by atoms with Crippen molar-refractivity contribution in [2.45, 2.75) is 25.8 Å². The number of carbonyl (C=O) groups excluding carboxylic acids is 2. The lowest BCUT2D eigenvalue weighted by Gasteiger charge is -2.28. The molecule has 0 saturated carbocycles. The summed E-state index contributed by atoms with van der Waals surface area (Å²) < 4.78 is 0. The summed E-state index contributed by atoms with van der Waals surface area (Å²) in [5, 5.41) is 8.85. The minimum Gasteiger partial charge on any atom is -0.478 e. The average Bonchev–Trinajstić information content (AvgIpc) is 2.50. The van der Waals surface area contributed by atoms with Gasteiger partial charge in [-0.3, -0.25) is 9.59 Å². The van der Waals surface area contributed by atoms with Crippen molar-refractivity contribution in [1.29, 1.82) is 0 Å². The molecule has 1 heterocycles. The van der Waals surface area contributed by atoms with Crippen LogP contribution in [0.25, 0.3) is 0 Å². The van der Waals surface area contributed by atoms with Crippen LogP contribution in [0.1, 0.15) is 35.2 Å². The zero-order chi connectivity index (χ0) is 16.1. The highest BCUT2D eigenvalue weighted by Crippen LogP contribution is 2.11. The topological polar surface area (TPSA) is 77.9 Å². The number of amides is 2. The largest absolute Gasteiger partial charge is 0.478 e. The molecule has 1 aliphatic rings. The molecule has 1 aromatic carbocycles. The van der Waals surface area contributed by atoms with Crippen molar-refractivity contribution in [3.8, 4) is 0 Å². The third kappa shape index (κ3) is 4.07. The van der Waals surface area contributed by atoms with Crippen LogP contribution in [-0.4, -0.2) is 52.8 Å². The van der Waals surface area contributed by atoms with E-state index in [2.05, 4.69) is 0 Å². The number of aromatic carboxylic acids is 1. The van der Waals surface area contributed by atoms with Gasteiger partial charge >= 0.3 is 5.97 Å². The third-order valence-corrected chi connectivity index (χ3v) is 3.79. The van der Waals surface area contributed by atoms with E-state index >= 15 is 0 Å². The molecule has 1 fully saturated rings. The monoisotopic (exact) mass is 304 g/mol. The summed E-state index contributed by atoms with van der Waals surface area (Å²) in [5.41, 5.74) is 1.07. The highest BCUT2D eigenvalue weighted by Gasteiger charge is 2.22. The summed E-state index contributed by atoms with van der Waals surface area (Å²) in [6, 6.07) is 6.42. The van der Waals surface area contributed by atoms with Crippen LogP contribution in [0.5, 0.6) is 0 Å². The van der Waals surface area contributed by atoms with Crippen molar-refractivity contribution < 1.29 is 19.5 Å². The molecule has 118 valence electrons. The maximum absolute atomic E-state index is 12.2. The summed E-state index contributed by atoms with van der Waals surface area (Å²) in [7, 11) is 1.68. The van der Waals surface area contributed by atoms with E-state index in [9.17, 15) is 14.4 Å². The third-order valence-electron chi connectivity index (χ3n) is 3.79. The van der Waals surface area contributed by atoms with Gasteiger partial charge < -0.3 is 14.9 Å². The van der Waals surface area contributed by atoms with Crippen LogP contribution < -0.4 is 0 Å². The quantitative estimate of drug-likeness (QED) is 0.891. The zero-order valence-electron chi connectivity index (χ0n) is 12.6. The summed E-state index contributed by atoms with van der Waals surface area (Å²) in [6.45, 7) is 1.15. The molecule has 6 nitrogen and oxygen atoms in total. The van der Waals surface area contributed by atoms with E-state index in [1.54, 1.807) is 29.0 Å². The second-order valence-corrected chi connectivity index (χ2v) is 5.52. The summed E-state index contributed by atoms with van der Waals surface area (Å²) in [4.78, 5) is 37.8. The molecule has 22 heavy (non-hydrogen) atoms. The number of piperidine rings is 1. The van der Waals surface area contributed by atoms with E-state index in [4.69, 9.17) is 5.11 Å². The first-order valence-corrected chi connectivity index (χ1v) is 7.31. The number of benzene rings is 1. The lowest BCUT2D eigenvalue weighted by molar-refractivity contribution is -0.141. The molecule has 0 aliphatic carbocycles. The Balaban J connectivity index is 1.90. The van der Waals surface area contributed by atoms with Gasteiger partial charge in [0.2, 0.25) is 11.8 Å². The van der Waals surface area contributed by atoms with Crippen LogP contribution in [0.4, 0.5) is 0 Å². The zero-order valence-corrected chi connectivity index (χ0v) is 12.6. The number of carboxylic acid groups (broad SMARTS) is 1. The van der Waals surface area contributed by atoms with Crippen molar-refractivity contribution in [1.82, 2.24) is 9.80 Å². The molecule has 2 amide bonds. The second-order valence-electron chi connectivity index (χ2n) is 5.52. The van der Waals surface area contributed by atoms with E-state index in [1.165, 1.54) is 12.1 Å². The van der Waals surface area contributed by atoms with Gasteiger partial charge in [-0.1, -0.05) is 12.1 Å². The van der Waals surface area contributed by atoms with Gasteiger partial charge in [0, 0.05) is 26.6 Å². The van der Waals surface area contributed by atoms with E-state index in [0.717, 1.165) is 18.4 Å². The SMILES string of the molecule is CN(Cc1ccc(C(=O)O)cc1)C(=O)CN1CCCCC1=O. The molecule has 2 rings (SSSR count). The fourth-order valence-corrected chi connectivity index (χ4v) is 2.43. The maximum Gasteiger partial charge on any atom is 0.335 e. The Bertz CT molecular complexity index is 568. The predicted octanol–water partition coefficient (Wildman–Crippen LogP) is 1.36. The summed E-state index contributed by atoms with van der Waals surface area (Å²) in [5.74, 6) is -1.05. The molecular weight excluding hydrogens is 284 g/mol. The molecule has 0 atom stereocenters. The molecule has 0 unspecified atom stereocenters. The van der Waals surface area contributed by atoms with Crippen molar-refractivity contribution in [3.05, 3.63) is 35.4 Å². The molecule has 0 radical (unpaired) electrons. The van der Waals surface area contributed by atoms with Crippen LogP contribution >= 0.6 is 0 Å². The smallest absolute Gasteiger partial charge is 0.335 e. The number of rotatable bonds is 5. The Labute approximate surface area is 129 Å². The van der Waals surface area contributed by atoms with Gasteiger partial charge in [0.15, 0.2) is 0 Å². The van der Waals surface area contributed by atoms with Crippen molar-refractivity contribution >= 4 is 17.8 Å². The van der Waals surface area contributed by atoms with Crippen LogP contribution in [0.15, 0.2) is 24.3 Å². The highest BCUT2D eigenvalue weighted by molar-refractivity contribution is 5.87. The standard InChI is InChI=1S/C16H20N2O4/c1-17(10-12-5-7-13(8-6-12)16(21)22)15(20)11-18-9-3-2-4-14(18)19/h5-8H,2-4,9-11H2,1H3,(H,21,22). The first kappa shape index (κ1) is 16.0. The first-order chi connectivity index (χ1) is 10.5.